The maximum Gasteiger partial charge on any atom is 0.233 e. The molecule has 4 aromatic rings. The van der Waals surface area contributed by atoms with Crippen molar-refractivity contribution >= 4 is 55.5 Å². The number of aromatic nitrogens is 3. The SMILES string of the molecule is O=C(CSc1nnc2sc3ccccc3n12)N1CCCC1c1cccs1. The van der Waals surface area contributed by atoms with Gasteiger partial charge in [0.05, 0.1) is 22.0 Å². The fourth-order valence-electron chi connectivity index (χ4n) is 3.50. The molecule has 0 saturated carbocycles. The Morgan fingerprint density at radius 3 is 3.04 bits per heavy atom. The van der Waals surface area contributed by atoms with E-state index in [2.05, 4.69) is 44.2 Å². The molecular formula is C18H16N4OS3. The molecule has 0 radical (unpaired) electrons. The molecule has 4 heterocycles. The van der Waals surface area contributed by atoms with Gasteiger partial charge in [-0.25, -0.2) is 0 Å². The summed E-state index contributed by atoms with van der Waals surface area (Å²) in [5, 5.41) is 11.4. The summed E-state index contributed by atoms with van der Waals surface area (Å²) in [5.41, 5.74) is 1.10. The quantitative estimate of drug-likeness (QED) is 0.475. The van der Waals surface area contributed by atoms with Crippen LogP contribution >= 0.6 is 34.4 Å². The molecule has 1 amide bonds. The van der Waals surface area contributed by atoms with Gasteiger partial charge in [0, 0.05) is 11.4 Å². The van der Waals surface area contributed by atoms with Crippen LogP contribution in [0.5, 0.6) is 0 Å². The van der Waals surface area contributed by atoms with Crippen LogP contribution in [-0.4, -0.2) is 37.7 Å². The molecular weight excluding hydrogens is 384 g/mol. The first kappa shape index (κ1) is 16.3. The fourth-order valence-corrected chi connectivity index (χ4v) is 6.23. The second-order valence-electron chi connectivity index (χ2n) is 6.22. The van der Waals surface area contributed by atoms with Crippen LogP contribution in [0, 0.1) is 0 Å². The lowest BCUT2D eigenvalue weighted by Gasteiger charge is -2.23. The Labute approximate surface area is 162 Å². The number of thiophene rings is 1. The van der Waals surface area contributed by atoms with Crippen LogP contribution in [0.1, 0.15) is 23.8 Å². The van der Waals surface area contributed by atoms with Gasteiger partial charge in [-0.2, -0.15) is 0 Å². The molecule has 0 N–H and O–H groups in total. The van der Waals surface area contributed by atoms with E-state index in [9.17, 15) is 4.79 Å². The number of rotatable bonds is 4. The average Bonchev–Trinajstić information content (AvgIpc) is 3.43. The first-order chi connectivity index (χ1) is 12.8. The van der Waals surface area contributed by atoms with Crippen LogP contribution in [0.15, 0.2) is 46.9 Å². The summed E-state index contributed by atoms with van der Waals surface area (Å²) >= 11 is 4.84. The molecule has 0 aliphatic carbocycles. The second-order valence-corrected chi connectivity index (χ2v) is 9.15. The predicted octanol–water partition coefficient (Wildman–Crippen LogP) is 4.46. The Bertz CT molecular complexity index is 1070. The highest BCUT2D eigenvalue weighted by Crippen LogP contribution is 2.35. The summed E-state index contributed by atoms with van der Waals surface area (Å²) < 4.78 is 3.24. The van der Waals surface area contributed by atoms with Crippen molar-refractivity contribution in [2.75, 3.05) is 12.3 Å². The number of nitrogens with zero attached hydrogens (tertiary/aromatic N) is 4. The maximum atomic E-state index is 12.8. The lowest BCUT2D eigenvalue weighted by Crippen LogP contribution is -2.31. The highest BCUT2D eigenvalue weighted by molar-refractivity contribution is 7.99. The van der Waals surface area contributed by atoms with Crippen LogP contribution < -0.4 is 0 Å². The van der Waals surface area contributed by atoms with Crippen molar-refractivity contribution in [2.24, 2.45) is 0 Å². The molecule has 1 saturated heterocycles. The van der Waals surface area contributed by atoms with Crippen molar-refractivity contribution in [3.05, 3.63) is 46.7 Å². The molecule has 5 rings (SSSR count). The van der Waals surface area contributed by atoms with Gasteiger partial charge in [0.25, 0.3) is 0 Å². The highest BCUT2D eigenvalue weighted by Gasteiger charge is 2.30. The van der Waals surface area contributed by atoms with Gasteiger partial charge in [0.1, 0.15) is 0 Å². The first-order valence-electron chi connectivity index (χ1n) is 8.49. The van der Waals surface area contributed by atoms with E-state index in [1.165, 1.54) is 21.3 Å². The van der Waals surface area contributed by atoms with E-state index in [1.54, 1.807) is 22.7 Å². The molecule has 0 bridgehead atoms. The van der Waals surface area contributed by atoms with E-state index in [0.717, 1.165) is 35.0 Å². The zero-order chi connectivity index (χ0) is 17.5. The van der Waals surface area contributed by atoms with E-state index in [4.69, 9.17) is 0 Å². The third-order valence-corrected chi connectivity index (χ3v) is 7.58. The van der Waals surface area contributed by atoms with Gasteiger partial charge in [-0.1, -0.05) is 41.3 Å². The number of amides is 1. The summed E-state index contributed by atoms with van der Waals surface area (Å²) in [6, 6.07) is 12.6. The first-order valence-corrected chi connectivity index (χ1v) is 11.2. The van der Waals surface area contributed by atoms with Crippen molar-refractivity contribution in [3.63, 3.8) is 0 Å². The topological polar surface area (TPSA) is 50.5 Å². The minimum Gasteiger partial charge on any atom is -0.334 e. The predicted molar refractivity (Wildman–Crippen MR) is 107 cm³/mol. The summed E-state index contributed by atoms with van der Waals surface area (Å²) in [5.74, 6) is 0.578. The Kier molecular flexibility index (Phi) is 4.18. The summed E-state index contributed by atoms with van der Waals surface area (Å²) in [6.07, 6.45) is 2.13. The van der Waals surface area contributed by atoms with Crippen LogP contribution in [-0.2, 0) is 4.79 Å². The van der Waals surface area contributed by atoms with Crippen LogP contribution in [0.2, 0.25) is 0 Å². The fraction of sp³-hybridized carbons (Fsp3) is 0.278. The smallest absolute Gasteiger partial charge is 0.233 e. The molecule has 1 aromatic carbocycles. The van der Waals surface area contributed by atoms with Gasteiger partial charge < -0.3 is 4.90 Å². The summed E-state index contributed by atoms with van der Waals surface area (Å²) in [7, 11) is 0. The van der Waals surface area contributed by atoms with Gasteiger partial charge in [-0.15, -0.1) is 21.5 Å². The number of carbonyl (C=O) groups is 1. The van der Waals surface area contributed by atoms with E-state index >= 15 is 0 Å². The second kappa shape index (κ2) is 6.68. The molecule has 1 unspecified atom stereocenters. The molecule has 8 heteroatoms. The van der Waals surface area contributed by atoms with E-state index in [0.29, 0.717) is 5.75 Å². The van der Waals surface area contributed by atoms with Crippen molar-refractivity contribution < 1.29 is 4.79 Å². The van der Waals surface area contributed by atoms with Crippen LogP contribution in [0.25, 0.3) is 15.2 Å². The Morgan fingerprint density at radius 1 is 1.23 bits per heavy atom. The third kappa shape index (κ3) is 2.72. The van der Waals surface area contributed by atoms with Crippen molar-refractivity contribution in [1.29, 1.82) is 0 Å². The lowest BCUT2D eigenvalue weighted by molar-refractivity contribution is -0.129. The zero-order valence-electron chi connectivity index (χ0n) is 13.9. The maximum absolute atomic E-state index is 12.8. The number of benzene rings is 1. The van der Waals surface area contributed by atoms with Gasteiger partial charge in [-0.05, 0) is 36.4 Å². The van der Waals surface area contributed by atoms with Crippen LogP contribution in [0.4, 0.5) is 0 Å². The molecule has 1 aliphatic heterocycles. The number of hydrogen-bond acceptors (Lipinski definition) is 6. The molecule has 1 fully saturated rings. The zero-order valence-corrected chi connectivity index (χ0v) is 16.3. The van der Waals surface area contributed by atoms with Crippen LogP contribution in [0.3, 0.4) is 0 Å². The highest BCUT2D eigenvalue weighted by atomic mass is 32.2. The molecule has 1 aliphatic rings. The van der Waals surface area contributed by atoms with Crippen molar-refractivity contribution in [3.8, 4) is 0 Å². The van der Waals surface area contributed by atoms with Crippen molar-refractivity contribution in [2.45, 2.75) is 24.0 Å². The normalized spacial score (nSPS) is 17.5. The number of fused-ring (bicyclic) bond motifs is 3. The Balaban J connectivity index is 1.36. The number of hydrogen-bond donors (Lipinski definition) is 0. The van der Waals surface area contributed by atoms with Gasteiger partial charge in [0.2, 0.25) is 10.9 Å². The van der Waals surface area contributed by atoms with Gasteiger partial charge in [-0.3, -0.25) is 9.20 Å². The third-order valence-electron chi connectivity index (χ3n) is 4.68. The summed E-state index contributed by atoms with van der Waals surface area (Å²) in [4.78, 5) is 17.0. The number of thiazole rings is 1. The Morgan fingerprint density at radius 2 is 2.15 bits per heavy atom. The monoisotopic (exact) mass is 400 g/mol. The Hall–Kier alpha value is -1.90. The molecule has 132 valence electrons. The minimum absolute atomic E-state index is 0.183. The molecule has 1 atom stereocenters. The molecule has 5 nitrogen and oxygen atoms in total. The summed E-state index contributed by atoms with van der Waals surface area (Å²) in [6.45, 7) is 0.846. The van der Waals surface area contributed by atoms with Gasteiger partial charge >= 0.3 is 0 Å². The van der Waals surface area contributed by atoms with Crippen molar-refractivity contribution in [1.82, 2.24) is 19.5 Å². The van der Waals surface area contributed by atoms with Gasteiger partial charge in [0.15, 0.2) is 5.16 Å². The number of likely N-dealkylation sites (tertiary alicyclic amines) is 1. The van der Waals surface area contributed by atoms with E-state index in [1.807, 2.05) is 17.0 Å². The molecule has 26 heavy (non-hydrogen) atoms. The van der Waals surface area contributed by atoms with E-state index in [-0.39, 0.29) is 11.9 Å². The average molecular weight is 401 g/mol. The largest absolute Gasteiger partial charge is 0.334 e. The molecule has 3 aromatic heterocycles. The number of carbonyl (C=O) groups excluding carboxylic acids is 1. The minimum atomic E-state index is 0.183. The number of para-hydroxylation sites is 1. The lowest BCUT2D eigenvalue weighted by atomic mass is 10.2. The molecule has 0 spiro atoms. The van der Waals surface area contributed by atoms with E-state index < -0.39 is 0 Å². The standard InChI is InChI=1S/C18H16N4OS3/c23-16(21-9-3-6-12(21)14-8-4-10-24-14)11-25-17-19-20-18-22(17)13-5-1-2-7-15(13)26-18/h1-2,4-5,7-8,10,12H,3,6,9,11H2. The number of thioether (sulfide) groups is 1.